The fourth-order valence-corrected chi connectivity index (χ4v) is 2.14. The predicted molar refractivity (Wildman–Crippen MR) is 57.2 cm³/mol. The summed E-state index contributed by atoms with van der Waals surface area (Å²) in [6.07, 6.45) is 2.48. The summed E-state index contributed by atoms with van der Waals surface area (Å²) in [5.41, 5.74) is 3.21. The monoisotopic (exact) mass is 175 g/mol. The van der Waals surface area contributed by atoms with Crippen molar-refractivity contribution in [2.24, 2.45) is 0 Å². The molecule has 0 saturated heterocycles. The minimum Gasteiger partial charge on any atom is -0.385 e. The van der Waals surface area contributed by atoms with Crippen LogP contribution in [0.1, 0.15) is 32.3 Å². The number of rotatable bonds is 1. The average Bonchev–Trinajstić information content (AvgIpc) is 2.19. The summed E-state index contributed by atoms with van der Waals surface area (Å²) < 4.78 is 0. The number of nitrogens with one attached hydrogen (secondary N) is 1. The van der Waals surface area contributed by atoms with Crippen LogP contribution in [-0.2, 0) is 5.41 Å². The molecule has 1 aliphatic rings. The zero-order chi connectivity index (χ0) is 9.31. The van der Waals surface area contributed by atoms with Gasteiger partial charge in [0.2, 0.25) is 0 Å². The maximum Gasteiger partial charge on any atom is 0.0378 e. The molecule has 0 saturated carbocycles. The molecule has 0 bridgehead atoms. The molecule has 70 valence electrons. The highest BCUT2D eigenvalue weighted by Gasteiger charge is 2.29. The van der Waals surface area contributed by atoms with Gasteiger partial charge in [0.1, 0.15) is 0 Å². The molecule has 1 atom stereocenters. The lowest BCUT2D eigenvalue weighted by Crippen LogP contribution is -2.30. The molecule has 0 unspecified atom stereocenters. The first-order valence-electron chi connectivity index (χ1n) is 5.10. The van der Waals surface area contributed by atoms with E-state index in [9.17, 15) is 0 Å². The van der Waals surface area contributed by atoms with Gasteiger partial charge in [-0.05, 0) is 29.9 Å². The highest BCUT2D eigenvalue weighted by Crippen LogP contribution is 2.38. The topological polar surface area (TPSA) is 12.0 Å². The molecule has 0 amide bonds. The normalized spacial score (nSPS) is 26.3. The van der Waals surface area contributed by atoms with E-state index in [1.54, 1.807) is 0 Å². The Labute approximate surface area is 80.2 Å². The van der Waals surface area contributed by atoms with Crippen LogP contribution in [0, 0.1) is 0 Å². The number of benzene rings is 1. The lowest BCUT2D eigenvalue weighted by molar-refractivity contribution is 0.420. The van der Waals surface area contributed by atoms with Crippen LogP contribution in [0.5, 0.6) is 0 Å². The van der Waals surface area contributed by atoms with Gasteiger partial charge < -0.3 is 5.32 Å². The number of hydrogen-bond donors (Lipinski definition) is 1. The maximum atomic E-state index is 3.45. The smallest absolute Gasteiger partial charge is 0.0378 e. The van der Waals surface area contributed by atoms with Gasteiger partial charge in [-0.3, -0.25) is 0 Å². The fraction of sp³-hybridized carbons (Fsp3) is 0.500. The lowest BCUT2D eigenvalue weighted by Gasteiger charge is -2.35. The van der Waals surface area contributed by atoms with E-state index in [1.807, 2.05) is 0 Å². The van der Waals surface area contributed by atoms with Gasteiger partial charge in [-0.15, -0.1) is 0 Å². The quantitative estimate of drug-likeness (QED) is 0.691. The largest absolute Gasteiger partial charge is 0.385 e. The van der Waals surface area contributed by atoms with E-state index in [-0.39, 0.29) is 0 Å². The van der Waals surface area contributed by atoms with Gasteiger partial charge >= 0.3 is 0 Å². The van der Waals surface area contributed by atoms with E-state index in [0.717, 1.165) is 6.54 Å². The van der Waals surface area contributed by atoms with Crippen LogP contribution in [0.4, 0.5) is 5.69 Å². The van der Waals surface area contributed by atoms with Crippen LogP contribution in [0.3, 0.4) is 0 Å². The first-order valence-corrected chi connectivity index (χ1v) is 5.10. The molecular weight excluding hydrogens is 158 g/mol. The van der Waals surface area contributed by atoms with E-state index in [0.29, 0.717) is 5.41 Å². The van der Waals surface area contributed by atoms with Crippen molar-refractivity contribution in [3.8, 4) is 0 Å². The first-order chi connectivity index (χ1) is 6.26. The summed E-state index contributed by atoms with van der Waals surface area (Å²) >= 11 is 0. The molecule has 0 aromatic heterocycles. The molecule has 0 aliphatic carbocycles. The molecule has 1 heterocycles. The van der Waals surface area contributed by atoms with Crippen molar-refractivity contribution < 1.29 is 0 Å². The molecule has 1 aliphatic heterocycles. The van der Waals surface area contributed by atoms with Crippen LogP contribution in [-0.4, -0.2) is 6.54 Å². The molecule has 1 aromatic rings. The lowest BCUT2D eigenvalue weighted by atomic mass is 9.74. The van der Waals surface area contributed by atoms with Crippen molar-refractivity contribution in [1.82, 2.24) is 0 Å². The highest BCUT2D eigenvalue weighted by atomic mass is 14.9. The maximum absolute atomic E-state index is 3.45. The molecule has 13 heavy (non-hydrogen) atoms. The number of para-hydroxylation sites is 1. The van der Waals surface area contributed by atoms with Crippen molar-refractivity contribution >= 4 is 5.69 Å². The Bertz CT molecular complexity index is 306. The van der Waals surface area contributed by atoms with E-state index < -0.39 is 0 Å². The Balaban J connectivity index is 2.48. The third kappa shape index (κ3) is 1.32. The van der Waals surface area contributed by atoms with Gasteiger partial charge in [0.15, 0.2) is 0 Å². The SMILES string of the molecule is CC[C@@]1(C)CCNc2ccccc21. The van der Waals surface area contributed by atoms with Crippen molar-refractivity contribution in [1.29, 1.82) is 0 Å². The summed E-state index contributed by atoms with van der Waals surface area (Å²) in [7, 11) is 0. The summed E-state index contributed by atoms with van der Waals surface area (Å²) in [6, 6.07) is 8.68. The second-order valence-electron chi connectivity index (χ2n) is 4.14. The van der Waals surface area contributed by atoms with Gasteiger partial charge in [0.25, 0.3) is 0 Å². The number of fused-ring (bicyclic) bond motifs is 1. The first kappa shape index (κ1) is 8.61. The summed E-state index contributed by atoms with van der Waals surface area (Å²) in [5.74, 6) is 0. The van der Waals surface area contributed by atoms with Crippen LogP contribution in [0.25, 0.3) is 0 Å². The summed E-state index contributed by atoms with van der Waals surface area (Å²) in [6.45, 7) is 5.76. The highest BCUT2D eigenvalue weighted by molar-refractivity contribution is 5.56. The van der Waals surface area contributed by atoms with Crippen LogP contribution in [0.2, 0.25) is 0 Å². The number of hydrogen-bond acceptors (Lipinski definition) is 1. The van der Waals surface area contributed by atoms with Crippen molar-refractivity contribution in [3.63, 3.8) is 0 Å². The third-order valence-corrected chi connectivity index (χ3v) is 3.35. The van der Waals surface area contributed by atoms with Gasteiger partial charge in [-0.1, -0.05) is 32.0 Å². The van der Waals surface area contributed by atoms with E-state index in [2.05, 4.69) is 43.4 Å². The Kier molecular flexibility index (Phi) is 2.03. The Hall–Kier alpha value is -0.980. The van der Waals surface area contributed by atoms with E-state index in [1.165, 1.54) is 24.1 Å². The van der Waals surface area contributed by atoms with Crippen LogP contribution in [0.15, 0.2) is 24.3 Å². The Morgan fingerprint density at radius 3 is 2.92 bits per heavy atom. The van der Waals surface area contributed by atoms with Gasteiger partial charge in [-0.25, -0.2) is 0 Å². The molecule has 1 nitrogen and oxygen atoms in total. The second kappa shape index (κ2) is 3.06. The van der Waals surface area contributed by atoms with E-state index in [4.69, 9.17) is 0 Å². The zero-order valence-electron chi connectivity index (χ0n) is 8.43. The molecule has 0 spiro atoms. The standard InChI is InChI=1S/C12H17N/c1-3-12(2)8-9-13-11-7-5-4-6-10(11)12/h4-7,13H,3,8-9H2,1-2H3/t12-/m0/s1. The second-order valence-corrected chi connectivity index (χ2v) is 4.14. The minimum absolute atomic E-state index is 0.391. The van der Waals surface area contributed by atoms with E-state index >= 15 is 0 Å². The Morgan fingerprint density at radius 2 is 2.15 bits per heavy atom. The van der Waals surface area contributed by atoms with Gasteiger partial charge in [-0.2, -0.15) is 0 Å². The fourth-order valence-electron chi connectivity index (χ4n) is 2.14. The molecule has 1 heteroatoms. The van der Waals surface area contributed by atoms with Crippen molar-refractivity contribution in [2.45, 2.75) is 32.1 Å². The molecule has 0 fully saturated rings. The molecule has 1 aromatic carbocycles. The molecule has 0 radical (unpaired) electrons. The average molecular weight is 175 g/mol. The molecule has 1 N–H and O–H groups in total. The predicted octanol–water partition coefficient (Wildman–Crippen LogP) is 3.17. The molecular formula is C12H17N. The minimum atomic E-state index is 0.391. The number of anilines is 1. The third-order valence-electron chi connectivity index (χ3n) is 3.35. The van der Waals surface area contributed by atoms with Crippen LogP contribution >= 0.6 is 0 Å². The van der Waals surface area contributed by atoms with Crippen molar-refractivity contribution in [3.05, 3.63) is 29.8 Å². The molecule has 2 rings (SSSR count). The van der Waals surface area contributed by atoms with Gasteiger partial charge in [0, 0.05) is 12.2 Å². The van der Waals surface area contributed by atoms with Crippen molar-refractivity contribution in [2.75, 3.05) is 11.9 Å². The summed E-state index contributed by atoms with van der Waals surface area (Å²) in [4.78, 5) is 0. The Morgan fingerprint density at radius 1 is 1.38 bits per heavy atom. The zero-order valence-corrected chi connectivity index (χ0v) is 8.43. The van der Waals surface area contributed by atoms with Gasteiger partial charge in [0.05, 0.1) is 0 Å². The van der Waals surface area contributed by atoms with Crippen LogP contribution < -0.4 is 5.32 Å². The summed E-state index contributed by atoms with van der Waals surface area (Å²) in [5, 5.41) is 3.45.